The van der Waals surface area contributed by atoms with Gasteiger partial charge in [-0.1, -0.05) is 18.2 Å². The number of carboxylic acids is 1. The summed E-state index contributed by atoms with van der Waals surface area (Å²) in [7, 11) is 0. The first-order chi connectivity index (χ1) is 17.9. The predicted octanol–water partition coefficient (Wildman–Crippen LogP) is -2.35. The van der Waals surface area contributed by atoms with Gasteiger partial charge in [0.25, 0.3) is 0 Å². The fourth-order valence-electron chi connectivity index (χ4n) is 3.58. The van der Waals surface area contributed by atoms with Crippen molar-refractivity contribution < 1.29 is 33.9 Å². The highest BCUT2D eigenvalue weighted by Crippen LogP contribution is 2.19. The van der Waals surface area contributed by atoms with Crippen molar-refractivity contribution in [2.24, 2.45) is 17.2 Å². The fourth-order valence-corrected chi connectivity index (χ4v) is 3.83. The number of primary amides is 2. The largest absolute Gasteiger partial charge is 0.480 e. The number of amides is 5. The number of carboxylic acid groups (broad SMARTS) is 1. The van der Waals surface area contributed by atoms with Crippen LogP contribution in [0.2, 0.25) is 0 Å². The summed E-state index contributed by atoms with van der Waals surface area (Å²) >= 11 is 4.02. The van der Waals surface area contributed by atoms with E-state index in [-0.39, 0.29) is 25.0 Å². The Morgan fingerprint density at radius 3 is 2.11 bits per heavy atom. The number of hydrogen-bond acceptors (Lipinski definition) is 8. The minimum absolute atomic E-state index is 0.0538. The second kappa shape index (κ2) is 14.0. The van der Waals surface area contributed by atoms with Gasteiger partial charge >= 0.3 is 5.97 Å². The number of nitrogens with two attached hydrogens (primary N) is 3. The van der Waals surface area contributed by atoms with Crippen LogP contribution in [0.4, 0.5) is 0 Å². The Morgan fingerprint density at radius 2 is 1.50 bits per heavy atom. The number of nitrogens with one attached hydrogen (secondary N) is 4. The standard InChI is InChI=1S/C23H31N7O7S/c24-13(5-6-18(25)31)20(33)30-17(10-38)22(35)28-15(8-19(26)32)21(34)29-16(23(36)37)7-11-9-27-14-4-2-1-3-12(11)14/h1-4,9,13,15-17,27,38H,5-8,10,24H2,(H2,25,31)(H2,26,32)(H,28,35)(H,29,34)(H,30,33)(H,36,37). The molecule has 0 saturated heterocycles. The average Bonchev–Trinajstić information content (AvgIpc) is 3.27. The molecule has 0 aliphatic carbocycles. The molecule has 4 unspecified atom stereocenters. The number of carbonyl (C=O) groups excluding carboxylic acids is 5. The molecule has 0 spiro atoms. The summed E-state index contributed by atoms with van der Waals surface area (Å²) in [5.41, 5.74) is 17.4. The molecular formula is C23H31N7O7S. The fraction of sp³-hybridized carbons (Fsp3) is 0.391. The van der Waals surface area contributed by atoms with Crippen molar-refractivity contribution in [3.8, 4) is 0 Å². The maximum Gasteiger partial charge on any atom is 0.326 e. The molecule has 1 aromatic carbocycles. The Bertz CT molecular complexity index is 1200. The lowest BCUT2D eigenvalue weighted by Gasteiger charge is -2.24. The summed E-state index contributed by atoms with van der Waals surface area (Å²) in [6, 6.07) is 1.87. The Kier molecular flexibility index (Phi) is 11.1. The number of thiol groups is 1. The van der Waals surface area contributed by atoms with Crippen molar-refractivity contribution in [2.75, 3.05) is 5.75 Å². The summed E-state index contributed by atoms with van der Waals surface area (Å²) in [5.74, 6) is -5.75. The van der Waals surface area contributed by atoms with Crippen LogP contribution in [0.1, 0.15) is 24.8 Å². The molecular weight excluding hydrogens is 518 g/mol. The maximum absolute atomic E-state index is 12.9. The van der Waals surface area contributed by atoms with Crippen LogP contribution in [0.25, 0.3) is 10.9 Å². The van der Waals surface area contributed by atoms with Gasteiger partial charge < -0.3 is 43.2 Å². The summed E-state index contributed by atoms with van der Waals surface area (Å²) < 4.78 is 0. The topological polar surface area (TPSA) is 253 Å². The molecule has 206 valence electrons. The van der Waals surface area contributed by atoms with Crippen LogP contribution in [0.15, 0.2) is 30.5 Å². The van der Waals surface area contributed by atoms with E-state index in [4.69, 9.17) is 17.2 Å². The lowest BCUT2D eigenvalue weighted by Crippen LogP contribution is -2.58. The SMILES string of the molecule is NC(=O)CCC(N)C(=O)NC(CS)C(=O)NC(CC(N)=O)C(=O)NC(Cc1c[nH]c2ccccc12)C(=O)O. The summed E-state index contributed by atoms with van der Waals surface area (Å²) in [4.78, 5) is 75.4. The number of H-pyrrole nitrogens is 1. The molecule has 2 rings (SSSR count). The van der Waals surface area contributed by atoms with E-state index >= 15 is 0 Å². The lowest BCUT2D eigenvalue weighted by atomic mass is 10.0. The van der Waals surface area contributed by atoms with E-state index in [1.807, 2.05) is 12.1 Å². The van der Waals surface area contributed by atoms with Gasteiger partial charge in [-0.15, -0.1) is 0 Å². The van der Waals surface area contributed by atoms with Crippen molar-refractivity contribution in [2.45, 2.75) is 49.9 Å². The number of hydrogen-bond donors (Lipinski definition) is 9. The molecule has 2 aromatic rings. The Morgan fingerprint density at radius 1 is 0.895 bits per heavy atom. The normalized spacial score (nSPS) is 14.1. The minimum atomic E-state index is -1.53. The first kappa shape index (κ1) is 30.1. The molecule has 0 aliphatic heterocycles. The molecule has 38 heavy (non-hydrogen) atoms. The van der Waals surface area contributed by atoms with Crippen LogP contribution < -0.4 is 33.2 Å². The third-order valence-corrected chi connectivity index (χ3v) is 5.97. The second-order valence-corrected chi connectivity index (χ2v) is 8.92. The summed E-state index contributed by atoms with van der Waals surface area (Å²) in [5, 5.41) is 17.4. The van der Waals surface area contributed by atoms with Crippen LogP contribution in [0.5, 0.6) is 0 Å². The summed E-state index contributed by atoms with van der Waals surface area (Å²) in [6.07, 6.45) is 0.713. The highest BCUT2D eigenvalue weighted by Gasteiger charge is 2.31. The smallest absolute Gasteiger partial charge is 0.326 e. The zero-order valence-electron chi connectivity index (χ0n) is 20.3. The molecule has 0 bridgehead atoms. The third-order valence-electron chi connectivity index (χ3n) is 5.61. The van der Waals surface area contributed by atoms with Gasteiger partial charge in [-0.05, 0) is 18.1 Å². The molecule has 0 aliphatic rings. The van der Waals surface area contributed by atoms with E-state index in [0.717, 1.165) is 10.9 Å². The van der Waals surface area contributed by atoms with Crippen LogP contribution in [-0.2, 0) is 35.2 Å². The van der Waals surface area contributed by atoms with Gasteiger partial charge in [0, 0.05) is 35.7 Å². The molecule has 0 saturated carbocycles. The average molecular weight is 550 g/mol. The highest BCUT2D eigenvalue weighted by atomic mass is 32.1. The number of benzene rings is 1. The number of aromatic amines is 1. The van der Waals surface area contributed by atoms with Crippen LogP contribution in [0, 0.1) is 0 Å². The minimum Gasteiger partial charge on any atom is -0.480 e. The van der Waals surface area contributed by atoms with Gasteiger partial charge in [0.2, 0.25) is 29.5 Å². The zero-order chi connectivity index (χ0) is 28.4. The van der Waals surface area contributed by atoms with E-state index in [0.29, 0.717) is 5.56 Å². The van der Waals surface area contributed by atoms with Gasteiger partial charge in [0.1, 0.15) is 18.1 Å². The molecule has 15 heteroatoms. The lowest BCUT2D eigenvalue weighted by molar-refractivity contribution is -0.142. The first-order valence-electron chi connectivity index (χ1n) is 11.5. The predicted molar refractivity (Wildman–Crippen MR) is 139 cm³/mol. The summed E-state index contributed by atoms with van der Waals surface area (Å²) in [6.45, 7) is 0. The molecule has 4 atom stereocenters. The van der Waals surface area contributed by atoms with Crippen molar-refractivity contribution in [3.63, 3.8) is 0 Å². The highest BCUT2D eigenvalue weighted by molar-refractivity contribution is 7.80. The van der Waals surface area contributed by atoms with E-state index < -0.39 is 66.1 Å². The van der Waals surface area contributed by atoms with Crippen LogP contribution in [-0.4, -0.2) is 75.5 Å². The number of carbonyl (C=O) groups is 6. The molecule has 5 amide bonds. The molecule has 0 fully saturated rings. The van der Waals surface area contributed by atoms with E-state index in [1.165, 1.54) is 0 Å². The number of aliphatic carboxylic acids is 1. The number of fused-ring (bicyclic) bond motifs is 1. The maximum atomic E-state index is 12.9. The first-order valence-corrected chi connectivity index (χ1v) is 12.2. The molecule has 11 N–H and O–H groups in total. The second-order valence-electron chi connectivity index (χ2n) is 8.55. The van der Waals surface area contributed by atoms with Crippen molar-refractivity contribution in [1.29, 1.82) is 0 Å². The van der Waals surface area contributed by atoms with E-state index in [1.54, 1.807) is 18.3 Å². The van der Waals surface area contributed by atoms with Gasteiger partial charge in [-0.2, -0.15) is 12.6 Å². The third kappa shape index (κ3) is 8.77. The molecule has 0 radical (unpaired) electrons. The van der Waals surface area contributed by atoms with E-state index in [9.17, 15) is 33.9 Å². The van der Waals surface area contributed by atoms with Crippen molar-refractivity contribution in [1.82, 2.24) is 20.9 Å². The molecule has 1 aromatic heterocycles. The van der Waals surface area contributed by atoms with Gasteiger partial charge in [-0.25, -0.2) is 4.79 Å². The zero-order valence-corrected chi connectivity index (χ0v) is 21.2. The van der Waals surface area contributed by atoms with Gasteiger partial charge in [0.15, 0.2) is 0 Å². The van der Waals surface area contributed by atoms with Gasteiger partial charge in [0.05, 0.1) is 12.5 Å². The quantitative estimate of drug-likeness (QED) is 0.108. The van der Waals surface area contributed by atoms with Crippen molar-refractivity contribution >= 4 is 59.0 Å². The monoisotopic (exact) mass is 549 g/mol. The van der Waals surface area contributed by atoms with E-state index in [2.05, 4.69) is 33.6 Å². The van der Waals surface area contributed by atoms with Gasteiger partial charge in [-0.3, -0.25) is 24.0 Å². The van der Waals surface area contributed by atoms with Crippen molar-refractivity contribution in [3.05, 3.63) is 36.0 Å². The molecule has 1 heterocycles. The Hall–Kier alpha value is -4.11. The van der Waals surface area contributed by atoms with Crippen LogP contribution in [0.3, 0.4) is 0 Å². The Balaban J connectivity index is 2.10. The number of rotatable bonds is 15. The molecule has 14 nitrogen and oxygen atoms in total. The Labute approximate surface area is 222 Å². The number of aromatic nitrogens is 1. The number of para-hydroxylation sites is 1. The van der Waals surface area contributed by atoms with Crippen LogP contribution >= 0.6 is 12.6 Å².